The van der Waals surface area contributed by atoms with Crippen LogP contribution in [0.1, 0.15) is 0 Å². The Kier molecular flexibility index (Phi) is 2.30. The predicted molar refractivity (Wildman–Crippen MR) is 70.4 cm³/mol. The molecule has 0 spiro atoms. The fourth-order valence-electron chi connectivity index (χ4n) is 2.02. The zero-order valence-electron chi connectivity index (χ0n) is 8.94. The lowest BCUT2D eigenvalue weighted by Crippen LogP contribution is -1.76. The van der Waals surface area contributed by atoms with Gasteiger partial charge >= 0.3 is 0 Å². The molecule has 3 rings (SSSR count). The number of H-pyrrole nitrogens is 1. The molecule has 0 radical (unpaired) electrons. The highest BCUT2D eigenvalue weighted by molar-refractivity contribution is 6.31. The molecule has 2 aromatic carbocycles. The lowest BCUT2D eigenvalue weighted by atomic mass is 10.0. The maximum atomic E-state index is 9.86. The number of aromatic amines is 1. The number of nitrogens with one attached hydrogen (secondary N) is 1. The fourth-order valence-corrected chi connectivity index (χ4v) is 2.19. The van der Waals surface area contributed by atoms with Crippen molar-refractivity contribution in [2.75, 3.05) is 0 Å². The van der Waals surface area contributed by atoms with Crippen LogP contribution in [0.25, 0.3) is 22.0 Å². The molecule has 2 nitrogen and oxygen atoms in total. The Hall–Kier alpha value is -1.93. The Morgan fingerprint density at radius 1 is 1.00 bits per heavy atom. The minimum absolute atomic E-state index is 0.272. The van der Waals surface area contributed by atoms with E-state index in [0.29, 0.717) is 5.02 Å². The van der Waals surface area contributed by atoms with Crippen molar-refractivity contribution in [2.24, 2.45) is 0 Å². The van der Waals surface area contributed by atoms with E-state index in [-0.39, 0.29) is 5.75 Å². The molecule has 3 heteroatoms. The summed E-state index contributed by atoms with van der Waals surface area (Å²) in [4.78, 5) is 3.17. The molecule has 0 aliphatic carbocycles. The van der Waals surface area contributed by atoms with E-state index in [9.17, 15) is 5.11 Å². The molecule has 0 bridgehead atoms. The number of aromatic nitrogens is 1. The Bertz CT molecular complexity index is 688. The first-order chi connectivity index (χ1) is 8.25. The molecule has 17 heavy (non-hydrogen) atoms. The lowest BCUT2D eigenvalue weighted by molar-refractivity contribution is 0.477. The first-order valence-corrected chi connectivity index (χ1v) is 5.68. The Morgan fingerprint density at radius 3 is 2.65 bits per heavy atom. The summed E-state index contributed by atoms with van der Waals surface area (Å²) in [7, 11) is 0. The highest BCUT2D eigenvalue weighted by atomic mass is 35.5. The van der Waals surface area contributed by atoms with E-state index in [1.807, 2.05) is 36.5 Å². The predicted octanol–water partition coefficient (Wildman–Crippen LogP) is 4.19. The van der Waals surface area contributed by atoms with Crippen LogP contribution >= 0.6 is 11.6 Å². The average molecular weight is 244 g/mol. The van der Waals surface area contributed by atoms with Crippen LogP contribution in [0, 0.1) is 0 Å². The van der Waals surface area contributed by atoms with Gasteiger partial charge in [-0.15, -0.1) is 0 Å². The van der Waals surface area contributed by atoms with Gasteiger partial charge in [0.25, 0.3) is 0 Å². The van der Waals surface area contributed by atoms with Gasteiger partial charge in [0.1, 0.15) is 5.75 Å². The number of aromatic hydroxyl groups is 1. The number of halogens is 1. The van der Waals surface area contributed by atoms with Crippen LogP contribution in [0.15, 0.2) is 48.7 Å². The molecule has 3 aromatic rings. The number of rotatable bonds is 1. The molecule has 0 aliphatic rings. The molecule has 1 heterocycles. The van der Waals surface area contributed by atoms with Gasteiger partial charge in [0, 0.05) is 33.2 Å². The molecule has 0 fully saturated rings. The van der Waals surface area contributed by atoms with Crippen molar-refractivity contribution in [3.63, 3.8) is 0 Å². The first-order valence-electron chi connectivity index (χ1n) is 5.31. The zero-order chi connectivity index (χ0) is 11.8. The number of phenolic OH excluding ortho intramolecular Hbond substituents is 1. The number of phenols is 1. The number of benzene rings is 2. The van der Waals surface area contributed by atoms with Gasteiger partial charge in [-0.05, 0) is 24.3 Å². The van der Waals surface area contributed by atoms with Crippen molar-refractivity contribution < 1.29 is 5.11 Å². The van der Waals surface area contributed by atoms with Crippen LogP contribution in [0.2, 0.25) is 5.02 Å². The van der Waals surface area contributed by atoms with Crippen molar-refractivity contribution in [3.8, 4) is 16.9 Å². The number of hydrogen-bond acceptors (Lipinski definition) is 1. The third-order valence-electron chi connectivity index (χ3n) is 2.84. The van der Waals surface area contributed by atoms with Crippen molar-refractivity contribution in [3.05, 3.63) is 53.7 Å². The molecule has 0 saturated heterocycles. The van der Waals surface area contributed by atoms with Crippen molar-refractivity contribution in [1.29, 1.82) is 0 Å². The van der Waals surface area contributed by atoms with Gasteiger partial charge < -0.3 is 10.1 Å². The van der Waals surface area contributed by atoms with Gasteiger partial charge in [0.15, 0.2) is 0 Å². The summed E-state index contributed by atoms with van der Waals surface area (Å²) in [6.45, 7) is 0. The number of hydrogen-bond donors (Lipinski definition) is 2. The van der Waals surface area contributed by atoms with E-state index in [0.717, 1.165) is 22.0 Å². The van der Waals surface area contributed by atoms with Crippen LogP contribution in [-0.2, 0) is 0 Å². The van der Waals surface area contributed by atoms with E-state index in [4.69, 9.17) is 11.6 Å². The SMILES string of the molecule is Oc1ccccc1-c1c[nH]c2ccc(Cl)cc12. The summed E-state index contributed by atoms with van der Waals surface area (Å²) in [5.74, 6) is 0.272. The molecule has 0 aliphatic heterocycles. The van der Waals surface area contributed by atoms with Crippen LogP contribution in [-0.4, -0.2) is 10.1 Å². The molecule has 0 unspecified atom stereocenters. The molecule has 0 saturated carbocycles. The van der Waals surface area contributed by atoms with Gasteiger partial charge in [-0.25, -0.2) is 0 Å². The van der Waals surface area contributed by atoms with Gasteiger partial charge in [-0.1, -0.05) is 29.8 Å². The largest absolute Gasteiger partial charge is 0.507 e. The Morgan fingerprint density at radius 2 is 1.82 bits per heavy atom. The van der Waals surface area contributed by atoms with Crippen molar-refractivity contribution in [1.82, 2.24) is 4.98 Å². The fraction of sp³-hybridized carbons (Fsp3) is 0. The Balaban J connectivity index is 2.31. The van der Waals surface area contributed by atoms with Gasteiger partial charge in [0.05, 0.1) is 0 Å². The molecule has 84 valence electrons. The third kappa shape index (κ3) is 1.67. The van der Waals surface area contributed by atoms with E-state index in [1.54, 1.807) is 12.1 Å². The minimum Gasteiger partial charge on any atom is -0.507 e. The standard InChI is InChI=1S/C14H10ClNO/c15-9-5-6-13-11(7-9)12(8-16-13)10-3-1-2-4-14(10)17/h1-8,16-17H. The van der Waals surface area contributed by atoms with Crippen molar-refractivity contribution >= 4 is 22.5 Å². The van der Waals surface area contributed by atoms with Gasteiger partial charge in [-0.3, -0.25) is 0 Å². The lowest BCUT2D eigenvalue weighted by Gasteiger charge is -2.02. The maximum absolute atomic E-state index is 9.86. The number of fused-ring (bicyclic) bond motifs is 1. The van der Waals surface area contributed by atoms with Crippen LogP contribution < -0.4 is 0 Å². The maximum Gasteiger partial charge on any atom is 0.123 e. The second kappa shape index (κ2) is 3.82. The normalized spacial score (nSPS) is 10.9. The first kappa shape index (κ1) is 10.2. The summed E-state index contributed by atoms with van der Waals surface area (Å²) in [5, 5.41) is 11.6. The van der Waals surface area contributed by atoms with Crippen LogP contribution in [0.4, 0.5) is 0 Å². The van der Waals surface area contributed by atoms with E-state index >= 15 is 0 Å². The second-order valence-corrected chi connectivity index (χ2v) is 4.35. The Labute approximate surface area is 103 Å². The average Bonchev–Trinajstić information content (AvgIpc) is 2.72. The topological polar surface area (TPSA) is 36.0 Å². The highest BCUT2D eigenvalue weighted by Gasteiger charge is 2.09. The van der Waals surface area contributed by atoms with Gasteiger partial charge in [-0.2, -0.15) is 0 Å². The van der Waals surface area contributed by atoms with Gasteiger partial charge in [0.2, 0.25) is 0 Å². The molecule has 1 aromatic heterocycles. The van der Waals surface area contributed by atoms with Crippen LogP contribution in [0.5, 0.6) is 5.75 Å². The van der Waals surface area contributed by atoms with E-state index < -0.39 is 0 Å². The quantitative estimate of drug-likeness (QED) is 0.660. The summed E-state index contributed by atoms with van der Waals surface area (Å²) in [5.41, 5.74) is 2.77. The van der Waals surface area contributed by atoms with Crippen molar-refractivity contribution in [2.45, 2.75) is 0 Å². The summed E-state index contributed by atoms with van der Waals surface area (Å²) in [6, 6.07) is 12.9. The van der Waals surface area contributed by atoms with Crippen LogP contribution in [0.3, 0.4) is 0 Å². The summed E-state index contributed by atoms with van der Waals surface area (Å²) >= 11 is 6.00. The third-order valence-corrected chi connectivity index (χ3v) is 3.07. The monoisotopic (exact) mass is 243 g/mol. The molecule has 2 N–H and O–H groups in total. The molecule has 0 amide bonds. The molecule has 0 atom stereocenters. The second-order valence-electron chi connectivity index (χ2n) is 3.91. The highest BCUT2D eigenvalue weighted by Crippen LogP contribution is 2.35. The van der Waals surface area contributed by atoms with E-state index in [2.05, 4.69) is 4.98 Å². The molecular weight excluding hydrogens is 234 g/mol. The number of para-hydroxylation sites is 1. The summed E-state index contributed by atoms with van der Waals surface area (Å²) < 4.78 is 0. The summed E-state index contributed by atoms with van der Waals surface area (Å²) in [6.07, 6.45) is 1.88. The minimum atomic E-state index is 0.272. The van der Waals surface area contributed by atoms with E-state index in [1.165, 1.54) is 0 Å². The zero-order valence-corrected chi connectivity index (χ0v) is 9.70. The smallest absolute Gasteiger partial charge is 0.123 e. The molecular formula is C14H10ClNO.